The molecular weight excluding hydrogens is 252 g/mol. The molecule has 2 fully saturated rings. The molecule has 0 saturated carbocycles. The summed E-state index contributed by atoms with van der Waals surface area (Å²) in [7, 11) is -2.82. The van der Waals surface area contributed by atoms with E-state index in [-0.39, 0.29) is 5.25 Å². The molecule has 0 aromatic rings. The molecule has 5 nitrogen and oxygen atoms in total. The second-order valence-corrected chi connectivity index (χ2v) is 7.80. The van der Waals surface area contributed by atoms with Crippen LogP contribution >= 0.6 is 0 Å². The molecular formula is C12H24N2O3S. The summed E-state index contributed by atoms with van der Waals surface area (Å²) in [5.74, 6) is 0.367. The van der Waals surface area contributed by atoms with Gasteiger partial charge in [-0.3, -0.25) is 0 Å². The highest BCUT2D eigenvalue weighted by molar-refractivity contribution is 7.92. The third-order valence-electron chi connectivity index (χ3n) is 3.79. The summed E-state index contributed by atoms with van der Waals surface area (Å²) in [6, 6.07) is 0.710. The van der Waals surface area contributed by atoms with Gasteiger partial charge in [0.25, 0.3) is 0 Å². The van der Waals surface area contributed by atoms with Crippen molar-refractivity contribution in [3.05, 3.63) is 0 Å². The smallest absolute Gasteiger partial charge is 0.154 e. The largest absolute Gasteiger partial charge is 0.379 e. The fourth-order valence-corrected chi connectivity index (χ4v) is 4.48. The fraction of sp³-hybridized carbons (Fsp3) is 1.00. The minimum atomic E-state index is -2.82. The van der Waals surface area contributed by atoms with Gasteiger partial charge in [-0.1, -0.05) is 0 Å². The van der Waals surface area contributed by atoms with Crippen molar-refractivity contribution in [1.82, 2.24) is 10.6 Å². The van der Waals surface area contributed by atoms with Gasteiger partial charge in [0.1, 0.15) is 0 Å². The van der Waals surface area contributed by atoms with Crippen LogP contribution in [-0.2, 0) is 14.6 Å². The zero-order valence-electron chi connectivity index (χ0n) is 11.0. The lowest BCUT2D eigenvalue weighted by Crippen LogP contribution is -2.46. The topological polar surface area (TPSA) is 67.4 Å². The van der Waals surface area contributed by atoms with Gasteiger partial charge in [-0.2, -0.15) is 0 Å². The van der Waals surface area contributed by atoms with Crippen molar-refractivity contribution >= 4 is 9.84 Å². The Balaban J connectivity index is 1.69. The Morgan fingerprint density at radius 3 is 2.94 bits per heavy atom. The maximum absolute atomic E-state index is 11.7. The third kappa shape index (κ3) is 3.91. The summed E-state index contributed by atoms with van der Waals surface area (Å²) < 4.78 is 28.8. The Morgan fingerprint density at radius 2 is 2.33 bits per heavy atom. The lowest BCUT2D eigenvalue weighted by molar-refractivity contribution is 0.0712. The highest BCUT2D eigenvalue weighted by Crippen LogP contribution is 2.19. The second-order valence-electron chi connectivity index (χ2n) is 5.40. The molecule has 3 unspecified atom stereocenters. The molecule has 2 aliphatic heterocycles. The van der Waals surface area contributed by atoms with Gasteiger partial charge in [-0.05, 0) is 26.2 Å². The normalized spacial score (nSPS) is 33.4. The minimum absolute atomic E-state index is 0.171. The average Bonchev–Trinajstić information content (AvgIpc) is 2.67. The Labute approximate surface area is 110 Å². The number of nitrogens with one attached hydrogen (secondary N) is 2. The van der Waals surface area contributed by atoms with E-state index in [2.05, 4.69) is 17.6 Å². The molecule has 0 aromatic heterocycles. The maximum atomic E-state index is 11.7. The van der Waals surface area contributed by atoms with E-state index in [4.69, 9.17) is 4.74 Å². The van der Waals surface area contributed by atoms with Gasteiger partial charge < -0.3 is 15.4 Å². The zero-order chi connectivity index (χ0) is 13.0. The molecule has 106 valence electrons. The molecule has 2 heterocycles. The van der Waals surface area contributed by atoms with Gasteiger partial charge >= 0.3 is 0 Å². The molecule has 0 radical (unpaired) electrons. The molecule has 6 heteroatoms. The first-order valence-corrected chi connectivity index (χ1v) is 8.55. The molecule has 0 aromatic carbocycles. The van der Waals surface area contributed by atoms with Crippen LogP contribution in [0.2, 0.25) is 0 Å². The van der Waals surface area contributed by atoms with Crippen LogP contribution in [0.4, 0.5) is 0 Å². The van der Waals surface area contributed by atoms with E-state index in [1.54, 1.807) is 0 Å². The fourth-order valence-electron chi connectivity index (χ4n) is 2.70. The van der Waals surface area contributed by atoms with Crippen LogP contribution in [0.3, 0.4) is 0 Å². The predicted molar refractivity (Wildman–Crippen MR) is 71.5 cm³/mol. The highest BCUT2D eigenvalue weighted by atomic mass is 32.2. The van der Waals surface area contributed by atoms with Crippen LogP contribution < -0.4 is 10.6 Å². The maximum Gasteiger partial charge on any atom is 0.154 e. The van der Waals surface area contributed by atoms with Crippen LogP contribution in [0.25, 0.3) is 0 Å². The van der Waals surface area contributed by atoms with Crippen LogP contribution in [-0.4, -0.2) is 57.8 Å². The molecule has 3 atom stereocenters. The number of morpholine rings is 1. The number of hydrogen-bond donors (Lipinski definition) is 2. The van der Waals surface area contributed by atoms with Crippen LogP contribution in [0.1, 0.15) is 26.2 Å². The first-order chi connectivity index (χ1) is 8.58. The summed E-state index contributed by atoms with van der Waals surface area (Å²) >= 11 is 0. The van der Waals surface area contributed by atoms with E-state index < -0.39 is 9.84 Å². The van der Waals surface area contributed by atoms with Crippen molar-refractivity contribution in [1.29, 1.82) is 0 Å². The van der Waals surface area contributed by atoms with Crippen molar-refractivity contribution in [3.63, 3.8) is 0 Å². The van der Waals surface area contributed by atoms with Gasteiger partial charge in [0.2, 0.25) is 0 Å². The number of ether oxygens (including phenoxy) is 1. The lowest BCUT2D eigenvalue weighted by atomic mass is 10.1. The molecule has 0 aliphatic carbocycles. The first-order valence-electron chi connectivity index (χ1n) is 6.84. The van der Waals surface area contributed by atoms with Gasteiger partial charge in [0.15, 0.2) is 9.84 Å². The zero-order valence-corrected chi connectivity index (χ0v) is 11.8. The quantitative estimate of drug-likeness (QED) is 0.735. The van der Waals surface area contributed by atoms with E-state index in [1.165, 1.54) is 0 Å². The second kappa shape index (κ2) is 6.32. The summed E-state index contributed by atoms with van der Waals surface area (Å²) in [5, 5.41) is 6.59. The Kier molecular flexibility index (Phi) is 5.00. The molecule has 18 heavy (non-hydrogen) atoms. The van der Waals surface area contributed by atoms with Crippen molar-refractivity contribution in [2.75, 3.05) is 32.1 Å². The van der Waals surface area contributed by atoms with Crippen molar-refractivity contribution in [2.45, 2.75) is 43.5 Å². The van der Waals surface area contributed by atoms with Crippen LogP contribution in [0.15, 0.2) is 0 Å². The number of hydrogen-bond acceptors (Lipinski definition) is 5. The van der Waals surface area contributed by atoms with Crippen LogP contribution in [0, 0.1) is 0 Å². The summed E-state index contributed by atoms with van der Waals surface area (Å²) in [5.41, 5.74) is 0. The average molecular weight is 276 g/mol. The third-order valence-corrected chi connectivity index (χ3v) is 6.07. The number of sulfone groups is 1. The summed E-state index contributed by atoms with van der Waals surface area (Å²) in [6.45, 7) is 5.16. The molecule has 2 rings (SSSR count). The minimum Gasteiger partial charge on any atom is -0.379 e. The van der Waals surface area contributed by atoms with E-state index in [0.29, 0.717) is 24.4 Å². The standard InChI is InChI=1S/C12H24N2O3S/c1-10(7-11-9-17-5-4-13-11)14-8-12-3-2-6-18(12,15)16/h10-14H,2-9H2,1H3. The predicted octanol–water partition coefficient (Wildman–Crippen LogP) is -0.0798. The van der Waals surface area contributed by atoms with E-state index in [9.17, 15) is 8.42 Å². The van der Waals surface area contributed by atoms with E-state index in [0.717, 1.165) is 39.0 Å². The van der Waals surface area contributed by atoms with Gasteiger partial charge in [0, 0.05) is 25.2 Å². The van der Waals surface area contributed by atoms with E-state index in [1.807, 2.05) is 0 Å². The first kappa shape index (κ1) is 14.2. The Hall–Kier alpha value is -0.170. The molecule has 0 spiro atoms. The summed E-state index contributed by atoms with van der Waals surface area (Å²) in [4.78, 5) is 0. The van der Waals surface area contributed by atoms with E-state index >= 15 is 0 Å². The Morgan fingerprint density at radius 1 is 1.50 bits per heavy atom. The van der Waals surface area contributed by atoms with Gasteiger partial charge in [0.05, 0.1) is 24.2 Å². The van der Waals surface area contributed by atoms with Gasteiger partial charge in [-0.15, -0.1) is 0 Å². The molecule has 2 N–H and O–H groups in total. The molecule has 2 aliphatic rings. The Bertz CT molecular complexity index is 352. The van der Waals surface area contributed by atoms with Gasteiger partial charge in [-0.25, -0.2) is 8.42 Å². The molecule has 0 bridgehead atoms. The number of rotatable bonds is 5. The molecule has 2 saturated heterocycles. The monoisotopic (exact) mass is 276 g/mol. The van der Waals surface area contributed by atoms with Crippen molar-refractivity contribution in [3.8, 4) is 0 Å². The summed E-state index contributed by atoms with van der Waals surface area (Å²) in [6.07, 6.45) is 2.61. The van der Waals surface area contributed by atoms with Crippen LogP contribution in [0.5, 0.6) is 0 Å². The highest BCUT2D eigenvalue weighted by Gasteiger charge is 2.31. The molecule has 0 amide bonds. The lowest BCUT2D eigenvalue weighted by Gasteiger charge is -2.27. The SMILES string of the molecule is CC(CC1COCCN1)NCC1CCCS1(=O)=O. The van der Waals surface area contributed by atoms with Crippen molar-refractivity contribution in [2.24, 2.45) is 0 Å². The van der Waals surface area contributed by atoms with Crippen molar-refractivity contribution < 1.29 is 13.2 Å².